The van der Waals surface area contributed by atoms with Gasteiger partial charge < -0.3 is 10.5 Å². The van der Waals surface area contributed by atoms with Crippen LogP contribution in [0.25, 0.3) is 0 Å². The van der Waals surface area contributed by atoms with Gasteiger partial charge in [-0.3, -0.25) is 4.79 Å². The fourth-order valence-electron chi connectivity index (χ4n) is 1.81. The lowest BCUT2D eigenvalue weighted by molar-refractivity contribution is 0.103. The van der Waals surface area contributed by atoms with Crippen LogP contribution in [0.3, 0.4) is 0 Å². The third kappa shape index (κ3) is 3.06. The van der Waals surface area contributed by atoms with Crippen molar-refractivity contribution in [2.45, 2.75) is 0 Å². The molecule has 2 rings (SSSR count). The number of hydrogen-bond donors (Lipinski definition) is 1. The van der Waals surface area contributed by atoms with Crippen LogP contribution in [0.2, 0.25) is 20.1 Å². The zero-order valence-corrected chi connectivity index (χ0v) is 13.7. The Labute approximate surface area is 141 Å². The minimum atomic E-state index is -0.451. The standard InChI is InChI=1S/C14H9Cl4NO2/c1-21-10-3-2-6(19)4-7(10)14(20)11-8(15)5-9(16)12(17)13(11)18/h2-5H,19H2,1H3. The molecule has 0 aromatic heterocycles. The maximum absolute atomic E-state index is 12.7. The molecule has 0 spiro atoms. The molecule has 7 heteroatoms. The molecular formula is C14H9Cl4NO2. The first-order valence-electron chi connectivity index (χ1n) is 5.68. The maximum Gasteiger partial charge on any atom is 0.199 e. The van der Waals surface area contributed by atoms with Crippen molar-refractivity contribution < 1.29 is 9.53 Å². The molecule has 0 aliphatic rings. The van der Waals surface area contributed by atoms with E-state index in [2.05, 4.69) is 0 Å². The van der Waals surface area contributed by atoms with Crippen LogP contribution in [-0.4, -0.2) is 12.9 Å². The number of methoxy groups -OCH3 is 1. The van der Waals surface area contributed by atoms with Crippen LogP contribution in [0, 0.1) is 0 Å². The molecule has 0 heterocycles. The summed E-state index contributed by atoms with van der Waals surface area (Å²) in [5.74, 6) is -0.0971. The zero-order valence-electron chi connectivity index (χ0n) is 10.7. The van der Waals surface area contributed by atoms with Crippen LogP contribution in [0.5, 0.6) is 5.75 Å². The van der Waals surface area contributed by atoms with Gasteiger partial charge in [-0.1, -0.05) is 46.4 Å². The number of nitrogens with two attached hydrogens (primary N) is 1. The van der Waals surface area contributed by atoms with Crippen LogP contribution in [-0.2, 0) is 0 Å². The minimum Gasteiger partial charge on any atom is -0.496 e. The SMILES string of the molecule is COc1ccc(N)cc1C(=O)c1c(Cl)cc(Cl)c(Cl)c1Cl. The van der Waals surface area contributed by atoms with Gasteiger partial charge in [0.2, 0.25) is 0 Å². The summed E-state index contributed by atoms with van der Waals surface area (Å²) in [7, 11) is 1.44. The average molecular weight is 365 g/mol. The van der Waals surface area contributed by atoms with Gasteiger partial charge >= 0.3 is 0 Å². The number of ether oxygens (including phenoxy) is 1. The molecule has 2 aromatic rings. The van der Waals surface area contributed by atoms with Crippen LogP contribution in [0.4, 0.5) is 5.69 Å². The first-order chi connectivity index (χ1) is 9.86. The topological polar surface area (TPSA) is 52.3 Å². The summed E-state index contributed by atoms with van der Waals surface area (Å²) in [5.41, 5.74) is 6.40. The highest BCUT2D eigenvalue weighted by molar-refractivity contribution is 6.51. The largest absolute Gasteiger partial charge is 0.496 e. The van der Waals surface area contributed by atoms with Crippen LogP contribution in [0.15, 0.2) is 24.3 Å². The van der Waals surface area contributed by atoms with Gasteiger partial charge in [-0.05, 0) is 24.3 Å². The highest BCUT2D eigenvalue weighted by Crippen LogP contribution is 2.39. The Bertz CT molecular complexity index is 731. The molecule has 0 unspecified atom stereocenters. The molecule has 21 heavy (non-hydrogen) atoms. The zero-order chi connectivity index (χ0) is 15.7. The second kappa shape index (κ2) is 6.32. The molecule has 0 aliphatic carbocycles. The third-order valence-corrected chi connectivity index (χ3v) is 4.37. The van der Waals surface area contributed by atoms with Crippen molar-refractivity contribution in [3.63, 3.8) is 0 Å². The fraction of sp³-hybridized carbons (Fsp3) is 0.0714. The summed E-state index contributed by atoms with van der Waals surface area (Å²) in [6, 6.07) is 6.05. The van der Waals surface area contributed by atoms with Crippen LogP contribution >= 0.6 is 46.4 Å². The maximum atomic E-state index is 12.7. The molecule has 0 radical (unpaired) electrons. The molecule has 0 bridgehead atoms. The van der Waals surface area contributed by atoms with E-state index in [9.17, 15) is 4.79 Å². The Kier molecular flexibility index (Phi) is 4.89. The molecule has 0 aliphatic heterocycles. The first kappa shape index (κ1) is 16.2. The van der Waals surface area contributed by atoms with Gasteiger partial charge in [0.25, 0.3) is 0 Å². The monoisotopic (exact) mass is 363 g/mol. The summed E-state index contributed by atoms with van der Waals surface area (Å²) >= 11 is 24.0. The number of anilines is 1. The lowest BCUT2D eigenvalue weighted by Crippen LogP contribution is -2.07. The van der Waals surface area contributed by atoms with Crippen LogP contribution in [0.1, 0.15) is 15.9 Å². The molecule has 0 amide bonds. The van der Waals surface area contributed by atoms with Crippen molar-refractivity contribution in [1.29, 1.82) is 0 Å². The molecule has 0 fully saturated rings. The van der Waals surface area contributed by atoms with E-state index in [1.165, 1.54) is 19.2 Å². The smallest absolute Gasteiger partial charge is 0.199 e. The Morgan fingerprint density at radius 2 is 1.71 bits per heavy atom. The van der Waals surface area contributed by atoms with Gasteiger partial charge in [0.05, 0.1) is 38.3 Å². The number of nitrogen functional groups attached to an aromatic ring is 1. The van der Waals surface area contributed by atoms with Gasteiger partial charge in [-0.15, -0.1) is 0 Å². The Morgan fingerprint density at radius 3 is 2.33 bits per heavy atom. The Balaban J connectivity index is 2.66. The van der Waals surface area contributed by atoms with Crippen molar-refractivity contribution in [2.75, 3.05) is 12.8 Å². The van der Waals surface area contributed by atoms with Crippen molar-refractivity contribution >= 4 is 57.9 Å². The predicted octanol–water partition coefficient (Wildman–Crippen LogP) is 5.12. The molecule has 0 atom stereocenters. The van der Waals surface area contributed by atoms with Crippen LogP contribution < -0.4 is 10.5 Å². The molecule has 0 saturated heterocycles. The number of carbonyl (C=O) groups excluding carboxylic acids is 1. The van der Waals surface area contributed by atoms with E-state index in [1.807, 2.05) is 0 Å². The number of hydrogen-bond acceptors (Lipinski definition) is 3. The lowest BCUT2D eigenvalue weighted by Gasteiger charge is -2.12. The first-order valence-corrected chi connectivity index (χ1v) is 7.19. The fourth-order valence-corrected chi connectivity index (χ4v) is 2.90. The highest BCUT2D eigenvalue weighted by Gasteiger charge is 2.23. The Morgan fingerprint density at radius 1 is 1.05 bits per heavy atom. The highest BCUT2D eigenvalue weighted by atomic mass is 35.5. The van der Waals surface area contributed by atoms with Crippen molar-refractivity contribution in [3.8, 4) is 5.75 Å². The van der Waals surface area contributed by atoms with Crippen molar-refractivity contribution in [1.82, 2.24) is 0 Å². The van der Waals surface area contributed by atoms with E-state index < -0.39 is 5.78 Å². The number of benzene rings is 2. The Hall–Kier alpha value is -1.13. The molecule has 0 saturated carbocycles. The summed E-state index contributed by atoms with van der Waals surface area (Å²) in [6.45, 7) is 0. The minimum absolute atomic E-state index is 0.0105. The van der Waals surface area contributed by atoms with E-state index in [-0.39, 0.29) is 31.2 Å². The average Bonchev–Trinajstić information content (AvgIpc) is 2.44. The lowest BCUT2D eigenvalue weighted by atomic mass is 10.0. The number of rotatable bonds is 3. The predicted molar refractivity (Wildman–Crippen MR) is 87.3 cm³/mol. The summed E-state index contributed by atoms with van der Waals surface area (Å²) in [5, 5.41) is 0.323. The second-order valence-electron chi connectivity index (χ2n) is 4.13. The number of halogens is 4. The van der Waals surface area contributed by atoms with E-state index in [0.29, 0.717) is 11.4 Å². The number of ketones is 1. The molecular weight excluding hydrogens is 356 g/mol. The summed E-state index contributed by atoms with van der Waals surface area (Å²) in [6.07, 6.45) is 0. The molecule has 2 aromatic carbocycles. The molecule has 110 valence electrons. The van der Waals surface area contributed by atoms with Crippen molar-refractivity contribution in [2.24, 2.45) is 0 Å². The quantitative estimate of drug-likeness (QED) is 0.356. The second-order valence-corrected chi connectivity index (χ2v) is 5.70. The van der Waals surface area contributed by atoms with E-state index in [1.54, 1.807) is 12.1 Å². The third-order valence-electron chi connectivity index (χ3n) is 2.81. The summed E-state index contributed by atoms with van der Waals surface area (Å²) in [4.78, 5) is 12.7. The van der Waals surface area contributed by atoms with Gasteiger partial charge in [0.15, 0.2) is 5.78 Å². The molecule has 2 N–H and O–H groups in total. The van der Waals surface area contributed by atoms with Crippen molar-refractivity contribution in [3.05, 3.63) is 55.5 Å². The van der Waals surface area contributed by atoms with E-state index in [0.717, 1.165) is 0 Å². The summed E-state index contributed by atoms with van der Waals surface area (Å²) < 4.78 is 5.16. The van der Waals surface area contributed by atoms with Gasteiger partial charge in [-0.25, -0.2) is 0 Å². The van der Waals surface area contributed by atoms with E-state index in [4.69, 9.17) is 56.9 Å². The van der Waals surface area contributed by atoms with Gasteiger partial charge in [0, 0.05) is 5.69 Å². The van der Waals surface area contributed by atoms with E-state index >= 15 is 0 Å². The normalized spacial score (nSPS) is 10.5. The number of carbonyl (C=O) groups is 1. The van der Waals surface area contributed by atoms with Gasteiger partial charge in [0.1, 0.15) is 5.75 Å². The molecule has 3 nitrogen and oxygen atoms in total. The van der Waals surface area contributed by atoms with Gasteiger partial charge in [-0.2, -0.15) is 0 Å².